The molecule has 3 nitrogen and oxygen atoms in total. The van der Waals surface area contributed by atoms with E-state index in [0.29, 0.717) is 5.41 Å². The van der Waals surface area contributed by atoms with Crippen molar-refractivity contribution in [2.45, 2.75) is 31.1 Å². The predicted molar refractivity (Wildman–Crippen MR) is 78.2 cm³/mol. The van der Waals surface area contributed by atoms with Crippen LogP contribution >= 0.6 is 0 Å². The first-order chi connectivity index (χ1) is 9.31. The van der Waals surface area contributed by atoms with E-state index < -0.39 is 0 Å². The summed E-state index contributed by atoms with van der Waals surface area (Å²) in [6, 6.07) is 4.39. The van der Waals surface area contributed by atoms with Crippen molar-refractivity contribution in [3.8, 4) is 0 Å². The van der Waals surface area contributed by atoms with Gasteiger partial charge in [-0.1, -0.05) is 6.07 Å². The predicted octanol–water partition coefficient (Wildman–Crippen LogP) is 2.04. The first-order valence-electron chi connectivity index (χ1n) is 7.61. The van der Waals surface area contributed by atoms with E-state index in [9.17, 15) is 0 Å². The van der Waals surface area contributed by atoms with Gasteiger partial charge in [0.15, 0.2) is 0 Å². The molecule has 0 aliphatic carbocycles. The molecule has 0 radical (unpaired) electrons. The van der Waals surface area contributed by atoms with Crippen LogP contribution in [0.1, 0.15) is 31.2 Å². The van der Waals surface area contributed by atoms with Crippen molar-refractivity contribution in [1.82, 2.24) is 15.2 Å². The van der Waals surface area contributed by atoms with Crippen molar-refractivity contribution in [2.24, 2.45) is 5.92 Å². The number of nitrogens with one attached hydrogen (secondary N) is 1. The fraction of sp³-hybridized carbons (Fsp3) is 0.688. The molecule has 3 heterocycles. The average molecular weight is 259 g/mol. The van der Waals surface area contributed by atoms with Gasteiger partial charge in [-0.3, -0.25) is 4.98 Å². The summed E-state index contributed by atoms with van der Waals surface area (Å²) in [4.78, 5) is 6.84. The van der Waals surface area contributed by atoms with Crippen molar-refractivity contribution in [3.63, 3.8) is 0 Å². The largest absolute Gasteiger partial charge is 0.316 e. The second-order valence-electron chi connectivity index (χ2n) is 6.26. The van der Waals surface area contributed by atoms with Gasteiger partial charge in [0.1, 0.15) is 0 Å². The van der Waals surface area contributed by atoms with Gasteiger partial charge in [0.25, 0.3) is 0 Å². The molecule has 1 atom stereocenters. The summed E-state index contributed by atoms with van der Waals surface area (Å²) in [5.41, 5.74) is 1.78. The minimum absolute atomic E-state index is 0.327. The second-order valence-corrected chi connectivity index (χ2v) is 6.26. The van der Waals surface area contributed by atoms with Crippen LogP contribution in [0, 0.1) is 5.92 Å². The number of rotatable bonds is 2. The van der Waals surface area contributed by atoms with E-state index in [1.54, 1.807) is 0 Å². The third kappa shape index (κ3) is 2.54. The lowest BCUT2D eigenvalue weighted by atomic mass is 9.63. The molecular formula is C16H25N3. The molecule has 1 aromatic rings. The summed E-state index contributed by atoms with van der Waals surface area (Å²) in [7, 11) is 2.24. The normalized spacial score (nSPS) is 30.4. The van der Waals surface area contributed by atoms with E-state index in [-0.39, 0.29) is 0 Å². The summed E-state index contributed by atoms with van der Waals surface area (Å²) >= 11 is 0. The lowest BCUT2D eigenvalue weighted by Crippen LogP contribution is -2.51. The topological polar surface area (TPSA) is 28.2 Å². The molecule has 1 N–H and O–H groups in total. The zero-order valence-corrected chi connectivity index (χ0v) is 11.9. The third-order valence-corrected chi connectivity index (χ3v) is 5.15. The molecule has 0 amide bonds. The highest BCUT2D eigenvalue weighted by atomic mass is 15.1. The Morgan fingerprint density at radius 3 is 2.84 bits per heavy atom. The Kier molecular flexibility index (Phi) is 3.85. The van der Waals surface area contributed by atoms with Crippen LogP contribution in [0.15, 0.2) is 24.5 Å². The van der Waals surface area contributed by atoms with Crippen molar-refractivity contribution in [3.05, 3.63) is 30.1 Å². The van der Waals surface area contributed by atoms with Crippen molar-refractivity contribution >= 4 is 0 Å². The highest BCUT2D eigenvalue weighted by molar-refractivity contribution is 5.25. The SMILES string of the molecule is CN1CCC(C2(c3cccnc3)CCCNC2)CC1. The van der Waals surface area contributed by atoms with Gasteiger partial charge in [0.05, 0.1) is 0 Å². The summed E-state index contributed by atoms with van der Waals surface area (Å²) < 4.78 is 0. The van der Waals surface area contributed by atoms with Crippen LogP contribution < -0.4 is 5.32 Å². The molecule has 19 heavy (non-hydrogen) atoms. The first-order valence-corrected chi connectivity index (χ1v) is 7.61. The van der Waals surface area contributed by atoms with Gasteiger partial charge < -0.3 is 10.2 Å². The van der Waals surface area contributed by atoms with Crippen molar-refractivity contribution in [2.75, 3.05) is 33.2 Å². The minimum atomic E-state index is 0.327. The highest BCUT2D eigenvalue weighted by Gasteiger charge is 2.42. The second kappa shape index (κ2) is 5.59. The Hall–Kier alpha value is -0.930. The maximum absolute atomic E-state index is 4.38. The molecule has 0 saturated carbocycles. The van der Waals surface area contributed by atoms with Crippen molar-refractivity contribution < 1.29 is 0 Å². The van der Waals surface area contributed by atoms with Gasteiger partial charge in [0.2, 0.25) is 0 Å². The quantitative estimate of drug-likeness (QED) is 0.881. The molecule has 1 aromatic heterocycles. The Labute approximate surface area is 116 Å². The zero-order chi connectivity index (χ0) is 13.1. The number of aromatic nitrogens is 1. The van der Waals surface area contributed by atoms with Gasteiger partial charge in [-0.2, -0.15) is 0 Å². The third-order valence-electron chi connectivity index (χ3n) is 5.15. The van der Waals surface area contributed by atoms with Crippen LogP contribution in [0.5, 0.6) is 0 Å². The summed E-state index contributed by atoms with van der Waals surface area (Å²) in [5.74, 6) is 0.806. The fourth-order valence-electron chi connectivity index (χ4n) is 3.98. The Bertz CT molecular complexity index is 390. The molecule has 2 aliphatic heterocycles. The molecule has 0 spiro atoms. The maximum Gasteiger partial charge on any atom is 0.0306 e. The van der Waals surface area contributed by atoms with E-state index in [2.05, 4.69) is 40.6 Å². The molecule has 3 rings (SSSR count). The van der Waals surface area contributed by atoms with Gasteiger partial charge >= 0.3 is 0 Å². The van der Waals surface area contributed by atoms with E-state index >= 15 is 0 Å². The molecule has 1 unspecified atom stereocenters. The molecule has 104 valence electrons. The van der Waals surface area contributed by atoms with E-state index in [0.717, 1.165) is 12.5 Å². The Morgan fingerprint density at radius 1 is 1.37 bits per heavy atom. The standard InChI is InChI=1S/C16H25N3/c1-19-10-5-14(6-11-19)16(7-3-9-18-13-16)15-4-2-8-17-12-15/h2,4,8,12,14,18H,3,5-7,9-11,13H2,1H3. The van der Waals surface area contributed by atoms with Gasteiger partial charge in [-0.05, 0) is 69.9 Å². The van der Waals surface area contributed by atoms with Crippen molar-refractivity contribution in [1.29, 1.82) is 0 Å². The molecule has 2 saturated heterocycles. The molecule has 0 aromatic carbocycles. The molecule has 3 heteroatoms. The van der Waals surface area contributed by atoms with E-state index in [1.807, 2.05) is 6.20 Å². The summed E-state index contributed by atoms with van der Waals surface area (Å²) in [6.45, 7) is 4.79. The highest BCUT2D eigenvalue weighted by Crippen LogP contribution is 2.42. The van der Waals surface area contributed by atoms with Crippen LogP contribution in [0.3, 0.4) is 0 Å². The van der Waals surface area contributed by atoms with Crippen LogP contribution in [-0.2, 0) is 5.41 Å². The Morgan fingerprint density at radius 2 is 2.21 bits per heavy atom. The monoisotopic (exact) mass is 259 g/mol. The van der Waals surface area contributed by atoms with E-state index in [4.69, 9.17) is 0 Å². The first kappa shape index (κ1) is 13.1. The number of nitrogens with zero attached hydrogens (tertiary/aromatic N) is 2. The van der Waals surface area contributed by atoms with Gasteiger partial charge in [-0.25, -0.2) is 0 Å². The molecule has 2 aliphatic rings. The van der Waals surface area contributed by atoms with Crippen LogP contribution in [0.2, 0.25) is 0 Å². The van der Waals surface area contributed by atoms with Crippen LogP contribution in [-0.4, -0.2) is 43.1 Å². The smallest absolute Gasteiger partial charge is 0.0306 e. The molecule has 0 bridgehead atoms. The molecular weight excluding hydrogens is 234 g/mol. The maximum atomic E-state index is 4.38. The minimum Gasteiger partial charge on any atom is -0.316 e. The van der Waals surface area contributed by atoms with Gasteiger partial charge in [0, 0.05) is 24.4 Å². The average Bonchev–Trinajstić information content (AvgIpc) is 2.49. The summed E-state index contributed by atoms with van der Waals surface area (Å²) in [5, 5.41) is 3.64. The van der Waals surface area contributed by atoms with Crippen LogP contribution in [0.25, 0.3) is 0 Å². The Balaban J connectivity index is 1.88. The number of likely N-dealkylation sites (tertiary alicyclic amines) is 1. The zero-order valence-electron chi connectivity index (χ0n) is 11.9. The number of hydrogen-bond donors (Lipinski definition) is 1. The van der Waals surface area contributed by atoms with Crippen LogP contribution in [0.4, 0.5) is 0 Å². The number of hydrogen-bond acceptors (Lipinski definition) is 3. The molecule has 2 fully saturated rings. The number of pyridine rings is 1. The van der Waals surface area contributed by atoms with Gasteiger partial charge in [-0.15, -0.1) is 0 Å². The number of piperidine rings is 2. The lowest BCUT2D eigenvalue weighted by molar-refractivity contribution is 0.121. The summed E-state index contributed by atoms with van der Waals surface area (Å²) in [6.07, 6.45) is 9.26. The fourth-order valence-corrected chi connectivity index (χ4v) is 3.98. The lowest BCUT2D eigenvalue weighted by Gasteiger charge is -2.47. The van der Waals surface area contributed by atoms with E-state index in [1.165, 1.54) is 50.9 Å².